The van der Waals surface area contributed by atoms with E-state index in [1.54, 1.807) is 0 Å². The van der Waals surface area contributed by atoms with Crippen LogP contribution >= 0.6 is 0 Å². The molecule has 0 unspecified atom stereocenters. The van der Waals surface area contributed by atoms with Gasteiger partial charge in [0.1, 0.15) is 0 Å². The third kappa shape index (κ3) is 2.26. The Morgan fingerprint density at radius 2 is 1.50 bits per heavy atom. The van der Waals surface area contributed by atoms with Crippen LogP contribution in [-0.4, -0.2) is 17.8 Å². The van der Waals surface area contributed by atoms with Gasteiger partial charge in [0.2, 0.25) is 0 Å². The van der Waals surface area contributed by atoms with E-state index in [2.05, 4.69) is 0 Å². The van der Waals surface area contributed by atoms with Gasteiger partial charge in [0.15, 0.2) is 13.1 Å². The van der Waals surface area contributed by atoms with E-state index in [9.17, 15) is 4.91 Å². The van der Waals surface area contributed by atoms with Crippen molar-refractivity contribution in [2.75, 3.05) is 13.1 Å². The lowest BCUT2D eigenvalue weighted by Crippen LogP contribution is -3.00. The third-order valence-electron chi connectivity index (χ3n) is 1.32. The SMILES string of the molecule is O=[N+]1CCCCC1.[Cl-]. The number of hydrogen-bond donors (Lipinski definition) is 0. The monoisotopic (exact) mass is 135 g/mol. The molecule has 0 aromatic heterocycles. The summed E-state index contributed by atoms with van der Waals surface area (Å²) in [4.78, 5) is 10.4. The molecule has 1 aliphatic rings. The lowest BCUT2D eigenvalue weighted by Gasteiger charge is -1.99. The van der Waals surface area contributed by atoms with Crippen LogP contribution in [0.2, 0.25) is 0 Å². The summed E-state index contributed by atoms with van der Waals surface area (Å²) >= 11 is 0. The molecule has 0 aromatic rings. The Kier molecular flexibility index (Phi) is 3.79. The molecular weight excluding hydrogens is 126 g/mol. The molecule has 2 nitrogen and oxygen atoms in total. The Labute approximate surface area is 55.3 Å². The minimum absolute atomic E-state index is 0. The van der Waals surface area contributed by atoms with E-state index in [0.717, 1.165) is 30.7 Å². The Morgan fingerprint density at radius 1 is 1.00 bits per heavy atom. The Hall–Kier alpha value is -0.110. The van der Waals surface area contributed by atoms with Gasteiger partial charge in [-0.1, -0.05) is 0 Å². The Bertz CT molecular complexity index is 76.5. The quantitative estimate of drug-likeness (QED) is 0.351. The van der Waals surface area contributed by atoms with Crippen LogP contribution in [-0.2, 0) is 0 Å². The molecule has 1 saturated heterocycles. The van der Waals surface area contributed by atoms with Crippen LogP contribution < -0.4 is 12.4 Å². The fourth-order valence-corrected chi connectivity index (χ4v) is 0.865. The summed E-state index contributed by atoms with van der Waals surface area (Å²) in [5.74, 6) is 0. The van der Waals surface area contributed by atoms with Crippen molar-refractivity contribution in [1.82, 2.24) is 0 Å². The summed E-state index contributed by atoms with van der Waals surface area (Å²) in [6.07, 6.45) is 3.45. The molecule has 48 valence electrons. The molecule has 1 rings (SSSR count). The van der Waals surface area contributed by atoms with E-state index in [4.69, 9.17) is 0 Å². The molecule has 0 amide bonds. The van der Waals surface area contributed by atoms with Gasteiger partial charge < -0.3 is 12.4 Å². The van der Waals surface area contributed by atoms with Crippen LogP contribution in [0, 0.1) is 4.91 Å². The van der Waals surface area contributed by atoms with Gasteiger partial charge in [0.25, 0.3) is 0 Å². The first-order chi connectivity index (χ1) is 3.39. The Morgan fingerprint density at radius 3 is 1.75 bits per heavy atom. The maximum atomic E-state index is 10.4. The molecule has 0 spiro atoms. The number of rotatable bonds is 0. The fraction of sp³-hybridized carbons (Fsp3) is 1.00. The maximum absolute atomic E-state index is 10.4. The molecule has 1 heterocycles. The van der Waals surface area contributed by atoms with Crippen LogP contribution in [0.25, 0.3) is 0 Å². The predicted molar refractivity (Wildman–Crippen MR) is 27.2 cm³/mol. The lowest BCUT2D eigenvalue weighted by molar-refractivity contribution is -0.557. The average molecular weight is 136 g/mol. The van der Waals surface area contributed by atoms with Crippen LogP contribution in [0.15, 0.2) is 0 Å². The minimum Gasteiger partial charge on any atom is -1.00 e. The van der Waals surface area contributed by atoms with Gasteiger partial charge in [-0.25, -0.2) is 0 Å². The van der Waals surface area contributed by atoms with Gasteiger partial charge in [-0.2, -0.15) is 0 Å². The normalized spacial score (nSPS) is 19.8. The fourth-order valence-electron chi connectivity index (χ4n) is 0.865. The van der Waals surface area contributed by atoms with Crippen molar-refractivity contribution in [3.05, 3.63) is 4.91 Å². The number of nitroso groups, excluding NO2 is 1. The minimum atomic E-state index is 0. The van der Waals surface area contributed by atoms with E-state index < -0.39 is 0 Å². The molecular formula is C5H10ClNO. The van der Waals surface area contributed by atoms with Crippen molar-refractivity contribution < 1.29 is 17.2 Å². The lowest BCUT2D eigenvalue weighted by atomic mass is 10.2. The van der Waals surface area contributed by atoms with E-state index in [1.807, 2.05) is 0 Å². The van der Waals surface area contributed by atoms with Crippen LogP contribution in [0.1, 0.15) is 19.3 Å². The molecule has 3 heteroatoms. The van der Waals surface area contributed by atoms with Crippen molar-refractivity contribution in [2.24, 2.45) is 0 Å². The van der Waals surface area contributed by atoms with Crippen molar-refractivity contribution in [3.63, 3.8) is 0 Å². The molecule has 1 fully saturated rings. The zero-order chi connectivity index (χ0) is 5.11. The number of nitrogens with zero attached hydrogens (tertiary/aromatic N) is 1. The van der Waals surface area contributed by atoms with E-state index in [0.29, 0.717) is 0 Å². The average Bonchev–Trinajstić information content (AvgIpc) is 1.69. The van der Waals surface area contributed by atoms with Crippen molar-refractivity contribution >= 4 is 0 Å². The van der Waals surface area contributed by atoms with Gasteiger partial charge in [-0.3, -0.25) is 0 Å². The highest BCUT2D eigenvalue weighted by Gasteiger charge is 2.12. The zero-order valence-corrected chi connectivity index (χ0v) is 5.52. The standard InChI is InChI=1S/C5H10NO.ClH/c7-6-4-2-1-3-5-6;/h1-5H2;1H/q+1;/p-1. The van der Waals surface area contributed by atoms with Gasteiger partial charge in [-0.05, 0) is 11.2 Å². The van der Waals surface area contributed by atoms with Crippen LogP contribution in [0.4, 0.5) is 0 Å². The van der Waals surface area contributed by atoms with Gasteiger partial charge in [0, 0.05) is 17.7 Å². The second-order valence-electron chi connectivity index (χ2n) is 1.99. The molecule has 0 saturated carbocycles. The molecule has 1 aliphatic heterocycles. The van der Waals surface area contributed by atoms with E-state index in [1.165, 1.54) is 6.42 Å². The molecule has 8 heavy (non-hydrogen) atoms. The summed E-state index contributed by atoms with van der Waals surface area (Å²) in [6.45, 7) is 1.53. The maximum Gasteiger partial charge on any atom is 0.192 e. The first-order valence-electron chi connectivity index (χ1n) is 2.82. The highest BCUT2D eigenvalue weighted by Crippen LogP contribution is 2.01. The van der Waals surface area contributed by atoms with Crippen LogP contribution in [0.5, 0.6) is 0 Å². The van der Waals surface area contributed by atoms with E-state index >= 15 is 0 Å². The second-order valence-corrected chi connectivity index (χ2v) is 1.99. The first-order valence-corrected chi connectivity index (χ1v) is 2.82. The largest absolute Gasteiger partial charge is 1.00 e. The highest BCUT2D eigenvalue weighted by atomic mass is 35.5. The third-order valence-corrected chi connectivity index (χ3v) is 1.32. The number of halogens is 1. The predicted octanol–water partition coefficient (Wildman–Crippen LogP) is -2.05. The zero-order valence-electron chi connectivity index (χ0n) is 4.77. The summed E-state index contributed by atoms with van der Waals surface area (Å²) < 4.78 is 1.14. The molecule has 0 atom stereocenters. The van der Waals surface area contributed by atoms with E-state index in [-0.39, 0.29) is 12.4 Å². The summed E-state index contributed by atoms with van der Waals surface area (Å²) in [6, 6.07) is 0. The second kappa shape index (κ2) is 3.84. The van der Waals surface area contributed by atoms with Gasteiger partial charge >= 0.3 is 0 Å². The van der Waals surface area contributed by atoms with Crippen molar-refractivity contribution in [2.45, 2.75) is 19.3 Å². The Balaban J connectivity index is 0.000000490. The molecule has 0 aromatic carbocycles. The van der Waals surface area contributed by atoms with Gasteiger partial charge in [0.05, 0.1) is 0 Å². The molecule has 0 N–H and O–H groups in total. The smallest absolute Gasteiger partial charge is 0.192 e. The van der Waals surface area contributed by atoms with Crippen molar-refractivity contribution in [3.8, 4) is 0 Å². The summed E-state index contributed by atoms with van der Waals surface area (Å²) in [7, 11) is 0. The summed E-state index contributed by atoms with van der Waals surface area (Å²) in [5, 5.41) is 0. The number of piperidine rings is 1. The molecule has 0 aliphatic carbocycles. The van der Waals surface area contributed by atoms with Gasteiger partial charge in [-0.15, -0.1) is 0 Å². The number of hydrogen-bond acceptors (Lipinski definition) is 1. The van der Waals surface area contributed by atoms with Crippen LogP contribution in [0.3, 0.4) is 0 Å². The molecule has 0 bridgehead atoms. The summed E-state index contributed by atoms with van der Waals surface area (Å²) in [5.41, 5.74) is 0. The first kappa shape index (κ1) is 7.89. The molecule has 0 radical (unpaired) electrons. The highest BCUT2D eigenvalue weighted by molar-refractivity contribution is 4.43. The topological polar surface area (TPSA) is 20.1 Å². The van der Waals surface area contributed by atoms with Crippen molar-refractivity contribution in [1.29, 1.82) is 0 Å².